The molecule has 1 N–H and O–H groups in total. The zero-order valence-electron chi connectivity index (χ0n) is 9.58. The highest BCUT2D eigenvalue weighted by molar-refractivity contribution is 5.38. The number of aliphatic hydroxyl groups excluding tert-OH is 1. The maximum Gasteiger partial charge on any atom is 0.125 e. The average Bonchev–Trinajstić information content (AvgIpc) is 2.15. The molecule has 0 radical (unpaired) electrons. The van der Waals surface area contributed by atoms with Crippen molar-refractivity contribution in [3.8, 4) is 5.75 Å². The topological polar surface area (TPSA) is 29.5 Å². The van der Waals surface area contributed by atoms with Gasteiger partial charge in [-0.2, -0.15) is 0 Å². The van der Waals surface area contributed by atoms with Crippen molar-refractivity contribution in [1.82, 2.24) is 0 Å². The third kappa shape index (κ3) is 3.40. The Labute approximate surface area is 91.2 Å². The Morgan fingerprint density at radius 3 is 2.73 bits per heavy atom. The van der Waals surface area contributed by atoms with Gasteiger partial charge in [0.05, 0.1) is 6.10 Å². The number of hydrogen-bond donors (Lipinski definition) is 1. The molecule has 1 aromatic carbocycles. The standard InChI is InChI=1S/C13H18O2/c1-9(2)8-15-13-6-5-10(3)7-12(13)11(4)14/h5-7,11,14H,1,8H2,2-4H3. The molecule has 15 heavy (non-hydrogen) atoms. The van der Waals surface area contributed by atoms with Crippen LogP contribution in [0.15, 0.2) is 30.4 Å². The second-order valence-corrected chi connectivity index (χ2v) is 3.96. The van der Waals surface area contributed by atoms with Gasteiger partial charge in [-0.3, -0.25) is 0 Å². The molecule has 2 nitrogen and oxygen atoms in total. The van der Waals surface area contributed by atoms with Gasteiger partial charge in [-0.25, -0.2) is 0 Å². The summed E-state index contributed by atoms with van der Waals surface area (Å²) >= 11 is 0. The number of hydrogen-bond acceptors (Lipinski definition) is 2. The monoisotopic (exact) mass is 206 g/mol. The first-order valence-corrected chi connectivity index (χ1v) is 5.06. The number of ether oxygens (including phenoxy) is 1. The van der Waals surface area contributed by atoms with Crippen LogP contribution in [0.25, 0.3) is 0 Å². The first-order chi connectivity index (χ1) is 7.00. The van der Waals surface area contributed by atoms with Gasteiger partial charge in [0, 0.05) is 5.56 Å². The summed E-state index contributed by atoms with van der Waals surface area (Å²) in [6, 6.07) is 5.80. The molecule has 0 spiro atoms. The molecule has 0 aliphatic rings. The maximum atomic E-state index is 9.59. The molecule has 0 aromatic heterocycles. The summed E-state index contributed by atoms with van der Waals surface area (Å²) in [5.74, 6) is 0.735. The molecule has 0 amide bonds. The molecule has 1 aromatic rings. The fraction of sp³-hybridized carbons (Fsp3) is 0.385. The molecule has 1 unspecified atom stereocenters. The van der Waals surface area contributed by atoms with Crippen molar-refractivity contribution in [3.63, 3.8) is 0 Å². The zero-order chi connectivity index (χ0) is 11.4. The predicted octanol–water partition coefficient (Wildman–Crippen LogP) is 3.00. The molecular formula is C13H18O2. The van der Waals surface area contributed by atoms with Crippen LogP contribution in [-0.2, 0) is 0 Å². The maximum absolute atomic E-state index is 9.59. The van der Waals surface area contributed by atoms with Gasteiger partial charge < -0.3 is 9.84 Å². The summed E-state index contributed by atoms with van der Waals surface area (Å²) < 4.78 is 5.56. The first kappa shape index (κ1) is 11.8. The highest BCUT2D eigenvalue weighted by Crippen LogP contribution is 2.26. The van der Waals surface area contributed by atoms with E-state index in [1.54, 1.807) is 6.92 Å². The van der Waals surface area contributed by atoms with Crippen LogP contribution in [0.3, 0.4) is 0 Å². The van der Waals surface area contributed by atoms with Crippen molar-refractivity contribution in [2.45, 2.75) is 26.9 Å². The SMILES string of the molecule is C=C(C)COc1ccc(C)cc1C(C)O. The zero-order valence-corrected chi connectivity index (χ0v) is 9.58. The Kier molecular flexibility index (Phi) is 3.92. The van der Waals surface area contributed by atoms with Crippen LogP contribution < -0.4 is 4.74 Å². The van der Waals surface area contributed by atoms with E-state index in [0.717, 1.165) is 22.4 Å². The Morgan fingerprint density at radius 2 is 2.20 bits per heavy atom. The summed E-state index contributed by atoms with van der Waals surface area (Å²) in [4.78, 5) is 0. The Hall–Kier alpha value is -1.28. The smallest absolute Gasteiger partial charge is 0.125 e. The van der Waals surface area contributed by atoms with Gasteiger partial charge in [-0.15, -0.1) is 0 Å². The van der Waals surface area contributed by atoms with Crippen LogP contribution in [0.1, 0.15) is 31.1 Å². The van der Waals surface area contributed by atoms with Crippen molar-refractivity contribution in [2.75, 3.05) is 6.61 Å². The average molecular weight is 206 g/mol. The molecule has 0 aliphatic carbocycles. The van der Waals surface area contributed by atoms with Crippen LogP contribution in [0.2, 0.25) is 0 Å². The number of benzene rings is 1. The minimum Gasteiger partial charge on any atom is -0.489 e. The number of rotatable bonds is 4. The van der Waals surface area contributed by atoms with E-state index in [1.807, 2.05) is 32.0 Å². The van der Waals surface area contributed by atoms with Gasteiger partial charge in [-0.1, -0.05) is 18.2 Å². The number of aliphatic hydroxyl groups is 1. The Bertz CT molecular complexity index is 354. The van der Waals surface area contributed by atoms with E-state index >= 15 is 0 Å². The van der Waals surface area contributed by atoms with Gasteiger partial charge in [0.25, 0.3) is 0 Å². The van der Waals surface area contributed by atoms with Gasteiger partial charge in [-0.05, 0) is 38.5 Å². The summed E-state index contributed by atoms with van der Waals surface area (Å²) in [5.41, 5.74) is 2.91. The molecule has 1 rings (SSSR count). The van der Waals surface area contributed by atoms with Crippen LogP contribution in [0.4, 0.5) is 0 Å². The largest absolute Gasteiger partial charge is 0.489 e. The third-order valence-electron chi connectivity index (χ3n) is 2.09. The molecule has 0 fully saturated rings. The van der Waals surface area contributed by atoms with E-state index in [-0.39, 0.29) is 0 Å². The van der Waals surface area contributed by atoms with E-state index in [1.165, 1.54) is 0 Å². The van der Waals surface area contributed by atoms with E-state index in [2.05, 4.69) is 6.58 Å². The van der Waals surface area contributed by atoms with Gasteiger partial charge in [0.15, 0.2) is 0 Å². The molecule has 2 heteroatoms. The van der Waals surface area contributed by atoms with Crippen molar-refractivity contribution in [3.05, 3.63) is 41.5 Å². The van der Waals surface area contributed by atoms with Crippen LogP contribution >= 0.6 is 0 Å². The summed E-state index contributed by atoms with van der Waals surface area (Å²) in [7, 11) is 0. The highest BCUT2D eigenvalue weighted by Gasteiger charge is 2.09. The lowest BCUT2D eigenvalue weighted by Crippen LogP contribution is -2.03. The predicted molar refractivity (Wildman–Crippen MR) is 62.1 cm³/mol. The van der Waals surface area contributed by atoms with Crippen LogP contribution in [0, 0.1) is 6.92 Å². The molecule has 0 heterocycles. The van der Waals surface area contributed by atoms with E-state index < -0.39 is 6.10 Å². The van der Waals surface area contributed by atoms with Crippen LogP contribution in [0.5, 0.6) is 5.75 Å². The van der Waals surface area contributed by atoms with Crippen molar-refractivity contribution < 1.29 is 9.84 Å². The third-order valence-corrected chi connectivity index (χ3v) is 2.09. The van der Waals surface area contributed by atoms with Gasteiger partial charge in [0.1, 0.15) is 12.4 Å². The highest BCUT2D eigenvalue weighted by atomic mass is 16.5. The summed E-state index contributed by atoms with van der Waals surface area (Å²) in [5, 5.41) is 9.59. The van der Waals surface area contributed by atoms with Crippen molar-refractivity contribution in [2.24, 2.45) is 0 Å². The Morgan fingerprint density at radius 1 is 1.53 bits per heavy atom. The summed E-state index contributed by atoms with van der Waals surface area (Å²) in [6.07, 6.45) is -0.509. The molecule has 0 aliphatic heterocycles. The molecule has 0 bridgehead atoms. The second-order valence-electron chi connectivity index (χ2n) is 3.96. The lowest BCUT2D eigenvalue weighted by molar-refractivity contribution is 0.192. The van der Waals surface area contributed by atoms with Crippen molar-refractivity contribution >= 4 is 0 Å². The minimum absolute atomic E-state index is 0.489. The lowest BCUT2D eigenvalue weighted by Gasteiger charge is -2.14. The fourth-order valence-corrected chi connectivity index (χ4v) is 1.33. The molecule has 0 saturated heterocycles. The molecule has 0 saturated carbocycles. The van der Waals surface area contributed by atoms with Gasteiger partial charge in [0.2, 0.25) is 0 Å². The van der Waals surface area contributed by atoms with E-state index in [0.29, 0.717) is 6.61 Å². The van der Waals surface area contributed by atoms with Gasteiger partial charge >= 0.3 is 0 Å². The molecular weight excluding hydrogens is 188 g/mol. The Balaban J connectivity index is 2.90. The minimum atomic E-state index is -0.509. The second kappa shape index (κ2) is 4.99. The lowest BCUT2D eigenvalue weighted by atomic mass is 10.1. The van der Waals surface area contributed by atoms with E-state index in [4.69, 9.17) is 4.74 Å². The fourth-order valence-electron chi connectivity index (χ4n) is 1.33. The first-order valence-electron chi connectivity index (χ1n) is 5.06. The quantitative estimate of drug-likeness (QED) is 0.767. The van der Waals surface area contributed by atoms with Crippen molar-refractivity contribution in [1.29, 1.82) is 0 Å². The normalized spacial score (nSPS) is 12.3. The molecule has 1 atom stereocenters. The van der Waals surface area contributed by atoms with Crippen LogP contribution in [-0.4, -0.2) is 11.7 Å². The summed E-state index contributed by atoms with van der Waals surface area (Å²) in [6.45, 7) is 9.91. The number of aryl methyl sites for hydroxylation is 1. The van der Waals surface area contributed by atoms with E-state index in [9.17, 15) is 5.11 Å². The molecule has 82 valence electrons.